The second kappa shape index (κ2) is 4.86. The molecule has 2 N–H and O–H groups in total. The summed E-state index contributed by atoms with van der Waals surface area (Å²) in [4.78, 5) is 12.0. The van der Waals surface area contributed by atoms with Crippen LogP contribution in [0.2, 0.25) is 0 Å². The average molecular weight is 280 g/mol. The molecule has 1 fully saturated rings. The van der Waals surface area contributed by atoms with Gasteiger partial charge in [-0.05, 0) is 18.9 Å². The van der Waals surface area contributed by atoms with Crippen molar-refractivity contribution >= 4 is 22.1 Å². The molecule has 0 radical (unpaired) electrons. The highest BCUT2D eigenvalue weighted by Crippen LogP contribution is 2.36. The number of pyridine rings is 1. The van der Waals surface area contributed by atoms with Gasteiger partial charge >= 0.3 is 0 Å². The van der Waals surface area contributed by atoms with Crippen LogP contribution >= 0.6 is 0 Å². The van der Waals surface area contributed by atoms with Crippen molar-refractivity contribution in [1.29, 1.82) is 5.26 Å². The van der Waals surface area contributed by atoms with Gasteiger partial charge in [0.15, 0.2) is 0 Å². The Hall–Kier alpha value is -2.39. The van der Waals surface area contributed by atoms with E-state index >= 15 is 0 Å². The van der Waals surface area contributed by atoms with Crippen LogP contribution in [-0.4, -0.2) is 32.1 Å². The Balaban J connectivity index is 1.58. The van der Waals surface area contributed by atoms with E-state index in [2.05, 4.69) is 37.0 Å². The van der Waals surface area contributed by atoms with E-state index < -0.39 is 0 Å². The number of rotatable bonds is 4. The van der Waals surface area contributed by atoms with Crippen LogP contribution in [0.4, 0.5) is 0 Å². The summed E-state index contributed by atoms with van der Waals surface area (Å²) in [6, 6.07) is 5.22. The van der Waals surface area contributed by atoms with E-state index in [0.29, 0.717) is 18.5 Å². The molecule has 1 saturated carbocycles. The largest absolute Gasteiger partial charge is 0.346 e. The third-order valence-electron chi connectivity index (χ3n) is 4.29. The molecule has 1 aliphatic carbocycles. The summed E-state index contributed by atoms with van der Waals surface area (Å²) >= 11 is 0. The number of imidazole rings is 1. The van der Waals surface area contributed by atoms with Crippen molar-refractivity contribution in [3.05, 3.63) is 24.8 Å². The van der Waals surface area contributed by atoms with Crippen LogP contribution < -0.4 is 5.32 Å². The fraction of sp³-hybridized carbons (Fsp3) is 0.400. The fourth-order valence-electron chi connectivity index (χ4n) is 3.12. The molecule has 0 unspecified atom stereocenters. The normalized spacial score (nSPS) is 21.5. The van der Waals surface area contributed by atoms with Gasteiger partial charge in [0.2, 0.25) is 0 Å². The molecule has 0 amide bonds. The van der Waals surface area contributed by atoms with E-state index in [1.165, 1.54) is 5.52 Å². The minimum absolute atomic E-state index is 0.482. The highest BCUT2D eigenvalue weighted by Gasteiger charge is 2.31. The second-order valence-corrected chi connectivity index (χ2v) is 5.57. The summed E-state index contributed by atoms with van der Waals surface area (Å²) < 4.78 is 2.27. The lowest BCUT2D eigenvalue weighted by Crippen LogP contribution is -2.42. The van der Waals surface area contributed by atoms with Gasteiger partial charge in [0.05, 0.1) is 24.1 Å². The van der Waals surface area contributed by atoms with E-state index in [-0.39, 0.29) is 0 Å². The third kappa shape index (κ3) is 1.98. The Morgan fingerprint density at radius 2 is 2.33 bits per heavy atom. The molecule has 3 aromatic rings. The molecule has 106 valence electrons. The van der Waals surface area contributed by atoms with Crippen LogP contribution in [0.25, 0.3) is 22.1 Å². The molecular formula is C15H16N6. The Bertz CT molecular complexity index is 818. The van der Waals surface area contributed by atoms with Crippen LogP contribution in [0.15, 0.2) is 24.8 Å². The third-order valence-corrected chi connectivity index (χ3v) is 4.29. The van der Waals surface area contributed by atoms with E-state index in [0.717, 1.165) is 35.9 Å². The monoisotopic (exact) mass is 280 g/mol. The number of fused-ring (bicyclic) bond motifs is 3. The molecule has 3 aromatic heterocycles. The number of hydrogen-bond acceptors (Lipinski definition) is 4. The summed E-state index contributed by atoms with van der Waals surface area (Å²) in [5, 5.41) is 13.1. The average Bonchev–Trinajstić information content (AvgIpc) is 3.06. The van der Waals surface area contributed by atoms with Gasteiger partial charge in [-0.25, -0.2) is 9.97 Å². The summed E-state index contributed by atoms with van der Waals surface area (Å²) in [6.07, 6.45) is 8.42. The summed E-state index contributed by atoms with van der Waals surface area (Å²) in [7, 11) is 0. The summed E-state index contributed by atoms with van der Waals surface area (Å²) in [5.41, 5.74) is 3.02. The molecule has 0 spiro atoms. The standard InChI is InChI=1S/C15H16N6/c16-3-1-4-17-10-6-11(7-10)21-9-20-13-8-19-15-12(14(13)21)2-5-18-15/h2,5,8-11,17H,1,4,6-7H2,(H,18,19). The number of nitriles is 1. The van der Waals surface area contributed by atoms with Gasteiger partial charge in [-0.15, -0.1) is 0 Å². The minimum atomic E-state index is 0.482. The van der Waals surface area contributed by atoms with Gasteiger partial charge in [-0.2, -0.15) is 5.26 Å². The number of hydrogen-bond donors (Lipinski definition) is 2. The van der Waals surface area contributed by atoms with Gasteiger partial charge in [0.1, 0.15) is 11.2 Å². The van der Waals surface area contributed by atoms with Gasteiger partial charge in [-0.1, -0.05) is 0 Å². The lowest BCUT2D eigenvalue weighted by atomic mass is 9.86. The van der Waals surface area contributed by atoms with Crippen LogP contribution in [0, 0.1) is 11.3 Å². The number of nitrogens with zero attached hydrogens (tertiary/aromatic N) is 4. The smallest absolute Gasteiger partial charge is 0.139 e. The quantitative estimate of drug-likeness (QED) is 0.717. The highest BCUT2D eigenvalue weighted by molar-refractivity contribution is 6.00. The van der Waals surface area contributed by atoms with E-state index in [9.17, 15) is 0 Å². The number of aromatic amines is 1. The zero-order valence-corrected chi connectivity index (χ0v) is 11.6. The second-order valence-electron chi connectivity index (χ2n) is 5.57. The first kappa shape index (κ1) is 12.4. The SMILES string of the molecule is N#CCCNC1CC(n2cnc3cnc4[nH]ccc4c32)C1. The van der Waals surface area contributed by atoms with Gasteiger partial charge in [0, 0.05) is 36.6 Å². The molecule has 4 rings (SSSR count). The van der Waals surface area contributed by atoms with Gasteiger partial charge in [0.25, 0.3) is 0 Å². The fourth-order valence-corrected chi connectivity index (χ4v) is 3.12. The molecule has 21 heavy (non-hydrogen) atoms. The molecule has 0 bridgehead atoms. The summed E-state index contributed by atoms with van der Waals surface area (Å²) in [5.74, 6) is 0. The van der Waals surface area contributed by atoms with Crippen LogP contribution in [0.5, 0.6) is 0 Å². The molecule has 0 aliphatic heterocycles. The number of aromatic nitrogens is 4. The molecule has 0 atom stereocenters. The minimum Gasteiger partial charge on any atom is -0.346 e. The zero-order valence-electron chi connectivity index (χ0n) is 11.6. The first-order valence-corrected chi connectivity index (χ1v) is 7.26. The molecule has 0 aromatic carbocycles. The number of H-pyrrole nitrogens is 1. The lowest BCUT2D eigenvalue weighted by molar-refractivity contribution is 0.231. The van der Waals surface area contributed by atoms with Gasteiger partial charge < -0.3 is 14.9 Å². The van der Waals surface area contributed by atoms with E-state index in [1.54, 1.807) is 0 Å². The first-order chi connectivity index (χ1) is 10.4. The Morgan fingerprint density at radius 3 is 3.19 bits per heavy atom. The Morgan fingerprint density at radius 1 is 1.43 bits per heavy atom. The molecule has 6 heteroatoms. The predicted molar refractivity (Wildman–Crippen MR) is 79.7 cm³/mol. The van der Waals surface area contributed by atoms with Crippen molar-refractivity contribution in [2.45, 2.75) is 31.3 Å². The van der Waals surface area contributed by atoms with Crippen LogP contribution in [-0.2, 0) is 0 Å². The Labute approximate surface area is 121 Å². The molecular weight excluding hydrogens is 264 g/mol. The highest BCUT2D eigenvalue weighted by atomic mass is 15.1. The first-order valence-electron chi connectivity index (χ1n) is 7.26. The van der Waals surface area contributed by atoms with E-state index in [1.807, 2.05) is 18.7 Å². The van der Waals surface area contributed by atoms with Crippen molar-refractivity contribution in [2.24, 2.45) is 0 Å². The number of nitrogens with one attached hydrogen (secondary N) is 2. The van der Waals surface area contributed by atoms with Crippen LogP contribution in [0.3, 0.4) is 0 Å². The molecule has 0 saturated heterocycles. The van der Waals surface area contributed by atoms with Crippen molar-refractivity contribution in [2.75, 3.05) is 6.54 Å². The Kier molecular flexibility index (Phi) is 2.86. The van der Waals surface area contributed by atoms with Crippen molar-refractivity contribution < 1.29 is 0 Å². The maximum atomic E-state index is 8.56. The predicted octanol–water partition coefficient (Wildman–Crippen LogP) is 2.12. The molecule has 3 heterocycles. The zero-order chi connectivity index (χ0) is 14.2. The maximum absolute atomic E-state index is 8.56. The van der Waals surface area contributed by atoms with E-state index in [4.69, 9.17) is 5.26 Å². The maximum Gasteiger partial charge on any atom is 0.139 e. The van der Waals surface area contributed by atoms with Crippen molar-refractivity contribution in [3.8, 4) is 6.07 Å². The lowest BCUT2D eigenvalue weighted by Gasteiger charge is -2.37. The van der Waals surface area contributed by atoms with Crippen LogP contribution in [0.1, 0.15) is 25.3 Å². The van der Waals surface area contributed by atoms with Crippen molar-refractivity contribution in [1.82, 2.24) is 24.8 Å². The molecule has 1 aliphatic rings. The molecule has 6 nitrogen and oxygen atoms in total. The van der Waals surface area contributed by atoms with Gasteiger partial charge in [-0.3, -0.25) is 0 Å². The van der Waals surface area contributed by atoms with Crippen molar-refractivity contribution in [3.63, 3.8) is 0 Å². The topological polar surface area (TPSA) is 82.3 Å². The summed E-state index contributed by atoms with van der Waals surface area (Å²) in [6.45, 7) is 0.782.